The molecule has 0 bridgehead atoms. The van der Waals surface area contributed by atoms with E-state index in [1.54, 1.807) is 24.3 Å². The summed E-state index contributed by atoms with van der Waals surface area (Å²) in [5, 5.41) is 9.45. The third-order valence-corrected chi connectivity index (χ3v) is 3.03. The quantitative estimate of drug-likeness (QED) is 0.838. The predicted octanol–water partition coefficient (Wildman–Crippen LogP) is 2.07. The topological polar surface area (TPSA) is 84.1 Å². The molecule has 1 aromatic carbocycles. The Kier molecular flexibility index (Phi) is 3.84. The fourth-order valence-electron chi connectivity index (χ4n) is 1.70. The van der Waals surface area contributed by atoms with Gasteiger partial charge in [-0.1, -0.05) is 0 Å². The highest BCUT2D eigenvalue weighted by Crippen LogP contribution is 2.14. The molecule has 0 saturated carbocycles. The zero-order valence-electron chi connectivity index (χ0n) is 11.5. The molecule has 0 fully saturated rings. The Labute approximate surface area is 116 Å². The van der Waals surface area contributed by atoms with Crippen LogP contribution in [0.5, 0.6) is 0 Å². The van der Waals surface area contributed by atoms with Crippen molar-refractivity contribution in [2.75, 3.05) is 12.4 Å². The van der Waals surface area contributed by atoms with Gasteiger partial charge in [0.15, 0.2) is 5.69 Å². The van der Waals surface area contributed by atoms with Gasteiger partial charge in [-0.3, -0.25) is 9.89 Å². The zero-order chi connectivity index (χ0) is 14.7. The summed E-state index contributed by atoms with van der Waals surface area (Å²) in [6.07, 6.45) is 0. The van der Waals surface area contributed by atoms with E-state index in [9.17, 15) is 9.59 Å². The molecule has 1 heterocycles. The highest BCUT2D eigenvalue weighted by Gasteiger charge is 2.14. The van der Waals surface area contributed by atoms with Gasteiger partial charge in [0.1, 0.15) is 0 Å². The van der Waals surface area contributed by atoms with Crippen LogP contribution in [0.1, 0.15) is 32.1 Å². The molecule has 0 aliphatic heterocycles. The minimum atomic E-state index is -0.415. The number of hydrogen-bond acceptors (Lipinski definition) is 4. The van der Waals surface area contributed by atoms with Crippen molar-refractivity contribution in [3.05, 3.63) is 46.8 Å². The van der Waals surface area contributed by atoms with E-state index in [1.165, 1.54) is 7.11 Å². The number of carbonyl (C=O) groups excluding carboxylic acids is 2. The number of nitrogens with one attached hydrogen (secondary N) is 2. The van der Waals surface area contributed by atoms with Gasteiger partial charge in [-0.15, -0.1) is 0 Å². The molecule has 1 aromatic heterocycles. The van der Waals surface area contributed by atoms with Crippen molar-refractivity contribution in [1.29, 1.82) is 0 Å². The molecule has 20 heavy (non-hydrogen) atoms. The Morgan fingerprint density at radius 1 is 1.20 bits per heavy atom. The van der Waals surface area contributed by atoms with Crippen molar-refractivity contribution < 1.29 is 14.3 Å². The molecule has 0 radical (unpaired) electrons. The first-order valence-electron chi connectivity index (χ1n) is 6.04. The molecular formula is C14H15N3O3. The predicted molar refractivity (Wildman–Crippen MR) is 73.8 cm³/mol. The molecule has 6 heteroatoms. The number of aromatic amines is 1. The first-order valence-corrected chi connectivity index (χ1v) is 6.04. The second-order valence-electron chi connectivity index (χ2n) is 4.35. The fraction of sp³-hybridized carbons (Fsp3) is 0.214. The number of aromatic nitrogens is 2. The van der Waals surface area contributed by atoms with Crippen LogP contribution < -0.4 is 5.32 Å². The van der Waals surface area contributed by atoms with Crippen LogP contribution in [0.25, 0.3) is 0 Å². The van der Waals surface area contributed by atoms with Crippen LogP contribution in [-0.4, -0.2) is 29.2 Å². The SMILES string of the molecule is COC(=O)c1ccc(NC(=O)c2n[nH]c(C)c2C)cc1. The molecule has 0 atom stereocenters. The minimum absolute atomic E-state index is 0.294. The molecule has 6 nitrogen and oxygen atoms in total. The summed E-state index contributed by atoms with van der Waals surface area (Å²) in [5.74, 6) is -0.709. The first kappa shape index (κ1) is 13.8. The smallest absolute Gasteiger partial charge is 0.337 e. The summed E-state index contributed by atoms with van der Waals surface area (Å²) in [4.78, 5) is 23.3. The van der Waals surface area contributed by atoms with Crippen molar-refractivity contribution >= 4 is 17.6 Å². The van der Waals surface area contributed by atoms with Crippen molar-refractivity contribution in [3.63, 3.8) is 0 Å². The average molecular weight is 273 g/mol. The maximum Gasteiger partial charge on any atom is 0.337 e. The van der Waals surface area contributed by atoms with E-state index in [4.69, 9.17) is 0 Å². The Hall–Kier alpha value is -2.63. The Balaban J connectivity index is 2.12. The van der Waals surface area contributed by atoms with Gasteiger partial charge in [0, 0.05) is 16.9 Å². The van der Waals surface area contributed by atoms with Crippen LogP contribution in [0.2, 0.25) is 0 Å². The summed E-state index contributed by atoms with van der Waals surface area (Å²) in [6.45, 7) is 3.68. The summed E-state index contributed by atoms with van der Waals surface area (Å²) < 4.78 is 4.60. The second-order valence-corrected chi connectivity index (χ2v) is 4.35. The maximum atomic E-state index is 12.0. The van der Waals surface area contributed by atoms with E-state index < -0.39 is 5.97 Å². The minimum Gasteiger partial charge on any atom is -0.465 e. The molecule has 104 valence electrons. The van der Waals surface area contributed by atoms with Crippen molar-refractivity contribution in [3.8, 4) is 0 Å². The number of carbonyl (C=O) groups is 2. The van der Waals surface area contributed by atoms with Crippen LogP contribution in [-0.2, 0) is 4.74 Å². The molecular weight excluding hydrogens is 258 g/mol. The van der Waals surface area contributed by atoms with E-state index in [0.29, 0.717) is 16.9 Å². The van der Waals surface area contributed by atoms with Gasteiger partial charge in [0.2, 0.25) is 0 Å². The molecule has 1 amide bonds. The molecule has 0 spiro atoms. The number of nitrogens with zero attached hydrogens (tertiary/aromatic N) is 1. The second kappa shape index (κ2) is 5.56. The monoisotopic (exact) mass is 273 g/mol. The summed E-state index contributed by atoms with van der Waals surface area (Å²) in [7, 11) is 1.32. The number of hydrogen-bond donors (Lipinski definition) is 2. The molecule has 0 saturated heterocycles. The number of esters is 1. The Bertz CT molecular complexity index is 644. The molecule has 0 aliphatic rings. The van der Waals surface area contributed by atoms with E-state index in [2.05, 4.69) is 20.3 Å². The molecule has 0 unspecified atom stereocenters. The lowest BCUT2D eigenvalue weighted by Crippen LogP contribution is -2.14. The van der Waals surface area contributed by atoms with E-state index in [1.807, 2.05) is 13.8 Å². The molecule has 2 rings (SSSR count). The molecule has 2 aromatic rings. The van der Waals surface area contributed by atoms with Crippen LogP contribution >= 0.6 is 0 Å². The highest BCUT2D eigenvalue weighted by atomic mass is 16.5. The maximum absolute atomic E-state index is 12.0. The van der Waals surface area contributed by atoms with Crippen LogP contribution in [0.4, 0.5) is 5.69 Å². The van der Waals surface area contributed by atoms with Gasteiger partial charge in [-0.05, 0) is 38.1 Å². The van der Waals surface area contributed by atoms with Gasteiger partial charge < -0.3 is 10.1 Å². The standard InChI is InChI=1S/C14H15N3O3/c1-8-9(2)16-17-12(8)13(18)15-11-6-4-10(5-7-11)14(19)20-3/h4-7H,1-3H3,(H,15,18)(H,16,17). The zero-order valence-corrected chi connectivity index (χ0v) is 11.5. The summed E-state index contributed by atoms with van der Waals surface area (Å²) >= 11 is 0. The number of ether oxygens (including phenoxy) is 1. The van der Waals surface area contributed by atoms with Crippen molar-refractivity contribution in [2.45, 2.75) is 13.8 Å². The van der Waals surface area contributed by atoms with Gasteiger partial charge in [0.05, 0.1) is 12.7 Å². The third kappa shape index (κ3) is 2.69. The number of aryl methyl sites for hydroxylation is 1. The van der Waals surface area contributed by atoms with Crippen molar-refractivity contribution in [2.24, 2.45) is 0 Å². The Morgan fingerprint density at radius 2 is 1.85 bits per heavy atom. The van der Waals surface area contributed by atoms with Gasteiger partial charge >= 0.3 is 5.97 Å². The van der Waals surface area contributed by atoms with E-state index in [0.717, 1.165) is 11.3 Å². The van der Waals surface area contributed by atoms with Crippen LogP contribution in [0, 0.1) is 13.8 Å². The number of methoxy groups -OCH3 is 1. The number of benzene rings is 1. The van der Waals surface area contributed by atoms with Gasteiger partial charge in [-0.2, -0.15) is 5.10 Å². The number of amides is 1. The van der Waals surface area contributed by atoms with Gasteiger partial charge in [0.25, 0.3) is 5.91 Å². The lowest BCUT2D eigenvalue weighted by molar-refractivity contribution is 0.0600. The fourth-order valence-corrected chi connectivity index (χ4v) is 1.70. The number of anilines is 1. The average Bonchev–Trinajstić information content (AvgIpc) is 2.79. The molecule has 0 aliphatic carbocycles. The highest BCUT2D eigenvalue weighted by molar-refractivity contribution is 6.04. The molecule has 2 N–H and O–H groups in total. The lowest BCUT2D eigenvalue weighted by atomic mass is 10.2. The van der Waals surface area contributed by atoms with Crippen molar-refractivity contribution in [1.82, 2.24) is 10.2 Å². The van der Waals surface area contributed by atoms with Crippen LogP contribution in [0.15, 0.2) is 24.3 Å². The summed E-state index contributed by atoms with van der Waals surface area (Å²) in [6, 6.07) is 6.45. The first-order chi connectivity index (χ1) is 9.52. The largest absolute Gasteiger partial charge is 0.465 e. The van der Waals surface area contributed by atoms with Crippen LogP contribution in [0.3, 0.4) is 0 Å². The third-order valence-electron chi connectivity index (χ3n) is 3.03. The lowest BCUT2D eigenvalue weighted by Gasteiger charge is -2.05. The Morgan fingerprint density at radius 3 is 2.35 bits per heavy atom. The van der Waals surface area contributed by atoms with Gasteiger partial charge in [-0.25, -0.2) is 4.79 Å². The number of H-pyrrole nitrogens is 1. The summed E-state index contributed by atoms with van der Waals surface area (Å²) in [5.41, 5.74) is 3.05. The normalized spacial score (nSPS) is 10.2. The van der Waals surface area contributed by atoms with E-state index in [-0.39, 0.29) is 5.91 Å². The number of rotatable bonds is 3. The van der Waals surface area contributed by atoms with E-state index >= 15 is 0 Å².